The van der Waals surface area contributed by atoms with Gasteiger partial charge in [0.1, 0.15) is 11.9 Å². The van der Waals surface area contributed by atoms with Crippen molar-refractivity contribution in [2.75, 3.05) is 6.54 Å². The topological polar surface area (TPSA) is 21.3 Å². The molecule has 18 heavy (non-hydrogen) atoms. The maximum Gasteiger partial charge on any atom is 0.123 e. The zero-order valence-electron chi connectivity index (χ0n) is 11.2. The summed E-state index contributed by atoms with van der Waals surface area (Å²) >= 11 is 0. The summed E-state index contributed by atoms with van der Waals surface area (Å²) < 4.78 is 6.13. The Labute approximate surface area is 110 Å². The van der Waals surface area contributed by atoms with Gasteiger partial charge in [-0.25, -0.2) is 0 Å². The molecular weight excluding hydrogens is 222 g/mol. The SMILES string of the molecule is CCNC(CC1CCC1)C1Cc2ccccc2O1. The van der Waals surface area contributed by atoms with Crippen LogP contribution in [0.4, 0.5) is 0 Å². The van der Waals surface area contributed by atoms with Crippen LogP contribution in [0.2, 0.25) is 0 Å². The molecule has 0 bridgehead atoms. The Bertz CT molecular complexity index is 375. The van der Waals surface area contributed by atoms with Gasteiger partial charge in [0.25, 0.3) is 0 Å². The summed E-state index contributed by atoms with van der Waals surface area (Å²) in [4.78, 5) is 0. The number of hydrogen-bond acceptors (Lipinski definition) is 2. The lowest BCUT2D eigenvalue weighted by Crippen LogP contribution is -2.44. The molecule has 1 N–H and O–H groups in total. The Morgan fingerprint density at radius 1 is 1.33 bits per heavy atom. The van der Waals surface area contributed by atoms with E-state index in [0.29, 0.717) is 12.1 Å². The second-order valence-corrected chi connectivity index (χ2v) is 5.66. The maximum absolute atomic E-state index is 6.13. The molecule has 2 atom stereocenters. The van der Waals surface area contributed by atoms with Gasteiger partial charge in [0.2, 0.25) is 0 Å². The highest BCUT2D eigenvalue weighted by atomic mass is 16.5. The molecule has 1 fully saturated rings. The van der Waals surface area contributed by atoms with Crippen molar-refractivity contribution in [3.8, 4) is 5.75 Å². The molecule has 2 heteroatoms. The van der Waals surface area contributed by atoms with Gasteiger partial charge in [0.15, 0.2) is 0 Å². The molecule has 2 aliphatic rings. The van der Waals surface area contributed by atoms with Gasteiger partial charge in [-0.2, -0.15) is 0 Å². The van der Waals surface area contributed by atoms with Crippen LogP contribution >= 0.6 is 0 Å². The molecule has 0 aromatic heterocycles. The first-order valence-corrected chi connectivity index (χ1v) is 7.34. The van der Waals surface area contributed by atoms with Crippen LogP contribution in [0.25, 0.3) is 0 Å². The summed E-state index contributed by atoms with van der Waals surface area (Å²) in [5, 5.41) is 3.63. The molecule has 0 amide bonds. The fourth-order valence-electron chi connectivity index (χ4n) is 3.15. The average molecular weight is 245 g/mol. The zero-order chi connectivity index (χ0) is 12.4. The number of hydrogen-bond donors (Lipinski definition) is 1. The maximum atomic E-state index is 6.13. The summed E-state index contributed by atoms with van der Waals surface area (Å²) in [6.07, 6.45) is 6.95. The fraction of sp³-hybridized carbons (Fsp3) is 0.625. The largest absolute Gasteiger partial charge is 0.488 e. The Balaban J connectivity index is 1.65. The molecule has 0 saturated heterocycles. The summed E-state index contributed by atoms with van der Waals surface area (Å²) in [6.45, 7) is 3.23. The van der Waals surface area contributed by atoms with Crippen LogP contribution in [0.5, 0.6) is 5.75 Å². The van der Waals surface area contributed by atoms with Crippen molar-refractivity contribution in [1.29, 1.82) is 0 Å². The minimum absolute atomic E-state index is 0.336. The minimum atomic E-state index is 0.336. The summed E-state index contributed by atoms with van der Waals surface area (Å²) in [7, 11) is 0. The third-order valence-corrected chi connectivity index (χ3v) is 4.40. The van der Waals surface area contributed by atoms with Crippen molar-refractivity contribution in [2.45, 2.75) is 51.2 Å². The van der Waals surface area contributed by atoms with Gasteiger partial charge >= 0.3 is 0 Å². The lowest BCUT2D eigenvalue weighted by atomic mass is 9.79. The van der Waals surface area contributed by atoms with Crippen LogP contribution in [0.3, 0.4) is 0 Å². The van der Waals surface area contributed by atoms with E-state index in [2.05, 4.69) is 36.5 Å². The third-order valence-electron chi connectivity index (χ3n) is 4.40. The number of ether oxygens (including phenoxy) is 1. The molecule has 1 aliphatic heterocycles. The minimum Gasteiger partial charge on any atom is -0.488 e. The standard InChI is InChI=1S/C16H23NO/c1-2-17-14(10-12-6-5-7-12)16-11-13-8-3-4-9-15(13)18-16/h3-4,8-9,12,14,16-17H,2,5-7,10-11H2,1H3. The van der Waals surface area contributed by atoms with E-state index < -0.39 is 0 Å². The molecule has 1 heterocycles. The molecule has 0 spiro atoms. The predicted octanol–water partition coefficient (Wildman–Crippen LogP) is 3.16. The van der Waals surface area contributed by atoms with Crippen molar-refractivity contribution >= 4 is 0 Å². The van der Waals surface area contributed by atoms with Crippen molar-refractivity contribution < 1.29 is 4.74 Å². The van der Waals surface area contributed by atoms with Gasteiger partial charge in [-0.15, -0.1) is 0 Å². The molecule has 1 saturated carbocycles. The number of para-hydroxylation sites is 1. The molecule has 3 rings (SSSR count). The Hall–Kier alpha value is -1.02. The number of fused-ring (bicyclic) bond motifs is 1. The van der Waals surface area contributed by atoms with Crippen LogP contribution < -0.4 is 10.1 Å². The first-order valence-electron chi connectivity index (χ1n) is 7.34. The van der Waals surface area contributed by atoms with Gasteiger partial charge in [-0.05, 0) is 30.5 Å². The van der Waals surface area contributed by atoms with E-state index in [1.165, 1.54) is 31.2 Å². The fourth-order valence-corrected chi connectivity index (χ4v) is 3.15. The lowest BCUT2D eigenvalue weighted by Gasteiger charge is -2.32. The first kappa shape index (κ1) is 12.0. The van der Waals surface area contributed by atoms with E-state index in [0.717, 1.165) is 24.6 Å². The molecule has 1 aromatic rings. The first-order chi connectivity index (χ1) is 8.86. The van der Waals surface area contributed by atoms with Gasteiger partial charge in [-0.1, -0.05) is 44.4 Å². The van der Waals surface area contributed by atoms with Crippen molar-refractivity contribution in [3.05, 3.63) is 29.8 Å². The number of nitrogens with one attached hydrogen (secondary N) is 1. The van der Waals surface area contributed by atoms with Crippen LogP contribution in [0, 0.1) is 5.92 Å². The third kappa shape index (κ3) is 2.39. The van der Waals surface area contributed by atoms with E-state index in [1.807, 2.05) is 0 Å². The van der Waals surface area contributed by atoms with Gasteiger partial charge in [0, 0.05) is 12.5 Å². The number of rotatable bonds is 5. The summed E-state index contributed by atoms with van der Waals surface area (Å²) in [5.74, 6) is 2.03. The quantitative estimate of drug-likeness (QED) is 0.860. The highest BCUT2D eigenvalue weighted by Crippen LogP contribution is 2.35. The number of benzene rings is 1. The van der Waals surface area contributed by atoms with Crippen molar-refractivity contribution in [3.63, 3.8) is 0 Å². The van der Waals surface area contributed by atoms with Crippen molar-refractivity contribution in [2.24, 2.45) is 5.92 Å². The lowest BCUT2D eigenvalue weighted by molar-refractivity contribution is 0.143. The second kappa shape index (κ2) is 5.31. The van der Waals surface area contributed by atoms with Crippen molar-refractivity contribution in [1.82, 2.24) is 5.32 Å². The predicted molar refractivity (Wildman–Crippen MR) is 74.0 cm³/mol. The molecule has 0 radical (unpaired) electrons. The molecular formula is C16H23NO. The molecule has 1 aromatic carbocycles. The van der Waals surface area contributed by atoms with Crippen LogP contribution in [-0.4, -0.2) is 18.7 Å². The molecule has 2 unspecified atom stereocenters. The Kier molecular flexibility index (Phi) is 3.55. The zero-order valence-corrected chi connectivity index (χ0v) is 11.2. The van der Waals surface area contributed by atoms with E-state index in [4.69, 9.17) is 4.74 Å². The van der Waals surface area contributed by atoms with Crippen LogP contribution in [-0.2, 0) is 6.42 Å². The van der Waals surface area contributed by atoms with Crippen LogP contribution in [0.15, 0.2) is 24.3 Å². The number of likely N-dealkylation sites (N-methyl/N-ethyl adjacent to an activating group) is 1. The molecule has 2 nitrogen and oxygen atoms in total. The van der Waals surface area contributed by atoms with E-state index in [-0.39, 0.29) is 0 Å². The Morgan fingerprint density at radius 2 is 2.17 bits per heavy atom. The second-order valence-electron chi connectivity index (χ2n) is 5.66. The summed E-state index contributed by atoms with van der Waals surface area (Å²) in [6, 6.07) is 8.99. The highest BCUT2D eigenvalue weighted by molar-refractivity contribution is 5.37. The monoisotopic (exact) mass is 245 g/mol. The van der Waals surface area contributed by atoms with Gasteiger partial charge in [0.05, 0.1) is 0 Å². The summed E-state index contributed by atoms with van der Waals surface area (Å²) in [5.41, 5.74) is 1.37. The van der Waals surface area contributed by atoms with Gasteiger partial charge < -0.3 is 10.1 Å². The highest BCUT2D eigenvalue weighted by Gasteiger charge is 2.32. The van der Waals surface area contributed by atoms with E-state index in [9.17, 15) is 0 Å². The normalized spacial score (nSPS) is 24.2. The Morgan fingerprint density at radius 3 is 2.83 bits per heavy atom. The smallest absolute Gasteiger partial charge is 0.123 e. The molecule has 98 valence electrons. The van der Waals surface area contributed by atoms with E-state index >= 15 is 0 Å². The van der Waals surface area contributed by atoms with Gasteiger partial charge in [-0.3, -0.25) is 0 Å². The average Bonchev–Trinajstić information content (AvgIpc) is 2.75. The van der Waals surface area contributed by atoms with E-state index in [1.54, 1.807) is 0 Å². The molecule has 1 aliphatic carbocycles. The van der Waals surface area contributed by atoms with Crippen LogP contribution in [0.1, 0.15) is 38.2 Å².